The first-order valence-corrected chi connectivity index (χ1v) is 24.5. The fraction of sp³-hybridized carbons (Fsp3) is 0.774. The van der Waals surface area contributed by atoms with Gasteiger partial charge in [-0.3, -0.25) is 9.80 Å². The Labute approximate surface area is 356 Å². The summed E-state index contributed by atoms with van der Waals surface area (Å²) in [6.45, 7) is 32.7. The maximum Gasteiger partial charge on any atom is 0.0771 e. The third-order valence-corrected chi connectivity index (χ3v) is 17.3. The van der Waals surface area contributed by atoms with Crippen molar-refractivity contribution in [3.8, 4) is 0 Å². The smallest absolute Gasteiger partial charge is 0.0771 e. The molecule has 322 valence electrons. The van der Waals surface area contributed by atoms with E-state index in [2.05, 4.69) is 111 Å². The highest BCUT2D eigenvalue weighted by Crippen LogP contribution is 2.94. The summed E-state index contributed by atoms with van der Waals surface area (Å²) < 4.78 is 7.75. The minimum absolute atomic E-state index is 0.241. The molecule has 0 spiro atoms. The molecule has 58 heavy (non-hydrogen) atoms. The lowest BCUT2D eigenvalue weighted by molar-refractivity contribution is -0.0866. The first kappa shape index (κ1) is 42.9. The summed E-state index contributed by atoms with van der Waals surface area (Å²) in [4.78, 5) is 11.0. The van der Waals surface area contributed by atoms with Crippen LogP contribution < -0.4 is 0 Å². The maximum absolute atomic E-state index is 7.75. The molecule has 9 fully saturated rings. The number of hydrogen-bond acceptors (Lipinski definition) is 5. The number of hydrogen-bond donors (Lipinski definition) is 0. The zero-order valence-electron chi connectivity index (χ0n) is 38.5. The van der Waals surface area contributed by atoms with Gasteiger partial charge in [-0.05, 0) is 173 Å². The third kappa shape index (κ3) is 8.53. The van der Waals surface area contributed by atoms with E-state index in [-0.39, 0.29) is 11.2 Å². The lowest BCUT2D eigenvalue weighted by Crippen LogP contribution is -2.54. The number of nitrogens with zero attached hydrogens (tertiary/aromatic N) is 4. The van der Waals surface area contributed by atoms with E-state index >= 15 is 0 Å². The maximum atomic E-state index is 7.75. The van der Waals surface area contributed by atoms with Gasteiger partial charge in [0.1, 0.15) is 0 Å². The van der Waals surface area contributed by atoms with Crippen LogP contribution in [0, 0.1) is 47.3 Å². The Morgan fingerprint density at radius 1 is 0.448 bits per heavy atom. The summed E-state index contributed by atoms with van der Waals surface area (Å²) in [6, 6.07) is 0. The van der Waals surface area contributed by atoms with Gasteiger partial charge in [0.25, 0.3) is 0 Å². The van der Waals surface area contributed by atoms with Gasteiger partial charge in [-0.15, -0.1) is 0 Å². The molecule has 0 aromatic heterocycles. The van der Waals surface area contributed by atoms with Crippen LogP contribution in [0.3, 0.4) is 0 Å². The molecule has 5 heteroatoms. The molecule has 5 saturated carbocycles. The Bertz CT molecular complexity index is 1500. The molecule has 0 aromatic rings. The largest absolute Gasteiger partial charge is 0.367 e. The Kier molecular flexibility index (Phi) is 13.5. The number of rotatable bonds is 22. The van der Waals surface area contributed by atoms with E-state index < -0.39 is 0 Å². The first-order valence-electron chi connectivity index (χ1n) is 24.5. The van der Waals surface area contributed by atoms with Crippen LogP contribution in [-0.2, 0) is 4.74 Å². The van der Waals surface area contributed by atoms with Gasteiger partial charge in [-0.2, -0.15) is 0 Å². The van der Waals surface area contributed by atoms with E-state index in [0.717, 1.165) is 60.4 Å². The van der Waals surface area contributed by atoms with Crippen molar-refractivity contribution in [2.45, 2.75) is 137 Å². The second kappa shape index (κ2) is 18.3. The Morgan fingerprint density at radius 3 is 1.17 bits per heavy atom. The molecule has 4 saturated heterocycles. The van der Waals surface area contributed by atoms with Crippen LogP contribution in [0.15, 0.2) is 69.9 Å². The zero-order valence-corrected chi connectivity index (χ0v) is 38.5. The van der Waals surface area contributed by atoms with Gasteiger partial charge in [0.15, 0.2) is 0 Å². The predicted molar refractivity (Wildman–Crippen MR) is 245 cm³/mol. The average molecular weight is 793 g/mol. The summed E-state index contributed by atoms with van der Waals surface area (Å²) in [5.41, 5.74) is 9.54. The summed E-state index contributed by atoms with van der Waals surface area (Å²) in [6.07, 6.45) is 28.4. The summed E-state index contributed by atoms with van der Waals surface area (Å²) in [5, 5.41) is 0. The molecule has 0 amide bonds. The number of allylic oxidation sites excluding steroid dienone is 10. The first-order chi connectivity index (χ1) is 28.0. The second-order valence-electron chi connectivity index (χ2n) is 21.5. The molecule has 5 nitrogen and oxygen atoms in total. The van der Waals surface area contributed by atoms with E-state index in [1.54, 1.807) is 28.7 Å². The molecular weight excluding hydrogens is 709 g/mol. The molecule has 0 radical (unpaired) electrons. The Hall–Kier alpha value is -1.76. The SMILES string of the molecule is CC(C)=CCC/C(C)=C/CC/C(C)=C/CN1CCN(CCC23OC4(CCN5CCN(C/C=C(\C)CC/C=C(\C)CCC=C(C)C)CC5)C5C6CC(C7C6C4C72)C53)CC1. The summed E-state index contributed by atoms with van der Waals surface area (Å²) in [5.74, 6) is 7.76. The van der Waals surface area contributed by atoms with Crippen LogP contribution in [0.25, 0.3) is 0 Å². The van der Waals surface area contributed by atoms with Crippen LogP contribution in [-0.4, -0.2) is 109 Å². The second-order valence-corrected chi connectivity index (χ2v) is 21.5. The lowest BCUT2D eigenvalue weighted by Gasteiger charge is -2.48. The van der Waals surface area contributed by atoms with Crippen molar-refractivity contribution in [2.75, 3.05) is 78.5 Å². The molecule has 10 unspecified atom stereocenters. The third-order valence-electron chi connectivity index (χ3n) is 17.3. The van der Waals surface area contributed by atoms with E-state index in [1.165, 1.54) is 141 Å². The van der Waals surface area contributed by atoms with Gasteiger partial charge in [-0.25, -0.2) is 0 Å². The van der Waals surface area contributed by atoms with Gasteiger partial charge < -0.3 is 14.5 Å². The molecular formula is C53H84N4O. The fourth-order valence-corrected chi connectivity index (χ4v) is 14.6. The number of piperazine rings is 2. The van der Waals surface area contributed by atoms with E-state index in [1.807, 2.05) is 0 Å². The Morgan fingerprint density at radius 2 is 0.793 bits per heavy atom. The minimum Gasteiger partial charge on any atom is -0.367 e. The van der Waals surface area contributed by atoms with E-state index in [4.69, 9.17) is 4.74 Å². The summed E-state index contributed by atoms with van der Waals surface area (Å²) in [7, 11) is 0. The molecule has 5 aliphatic carbocycles. The van der Waals surface area contributed by atoms with Crippen LogP contribution in [0.1, 0.15) is 126 Å². The van der Waals surface area contributed by atoms with Crippen LogP contribution in [0.2, 0.25) is 0 Å². The van der Waals surface area contributed by atoms with Gasteiger partial charge in [0.2, 0.25) is 0 Å². The van der Waals surface area contributed by atoms with E-state index in [9.17, 15) is 0 Å². The van der Waals surface area contributed by atoms with Crippen molar-refractivity contribution in [2.24, 2.45) is 47.3 Å². The lowest BCUT2D eigenvalue weighted by atomic mass is 9.54. The van der Waals surface area contributed by atoms with Crippen molar-refractivity contribution in [1.82, 2.24) is 19.6 Å². The van der Waals surface area contributed by atoms with Crippen molar-refractivity contribution in [3.05, 3.63) is 69.9 Å². The van der Waals surface area contributed by atoms with Crippen molar-refractivity contribution >= 4 is 0 Å². The molecule has 4 bridgehead atoms. The number of ether oxygens (including phenoxy) is 1. The molecule has 4 heterocycles. The Balaban J connectivity index is 0.751. The van der Waals surface area contributed by atoms with Gasteiger partial charge >= 0.3 is 0 Å². The van der Waals surface area contributed by atoms with Crippen molar-refractivity contribution in [1.29, 1.82) is 0 Å². The molecule has 9 rings (SSSR count). The topological polar surface area (TPSA) is 22.2 Å². The van der Waals surface area contributed by atoms with Crippen LogP contribution in [0.5, 0.6) is 0 Å². The minimum atomic E-state index is 0.241. The monoisotopic (exact) mass is 793 g/mol. The van der Waals surface area contributed by atoms with E-state index in [0.29, 0.717) is 0 Å². The average Bonchev–Trinajstić information content (AvgIpc) is 3.88. The predicted octanol–water partition coefficient (Wildman–Crippen LogP) is 10.7. The molecule has 0 N–H and O–H groups in total. The molecule has 0 aromatic carbocycles. The fourth-order valence-electron chi connectivity index (χ4n) is 14.6. The van der Waals surface area contributed by atoms with Gasteiger partial charge in [0.05, 0.1) is 11.2 Å². The highest BCUT2D eigenvalue weighted by Gasteiger charge is 2.96. The van der Waals surface area contributed by atoms with Crippen LogP contribution >= 0.6 is 0 Å². The molecule has 10 atom stereocenters. The van der Waals surface area contributed by atoms with Crippen molar-refractivity contribution in [3.63, 3.8) is 0 Å². The standard InChI is InChI=1S/C53H84N4O/c1-38(2)13-9-15-40(5)17-11-19-42(7)21-25-54-29-33-56(34-30-54)27-23-52-48-44-37-45-47-46(44)50(52)51(47)53(58-52,49(45)48)24-28-57-35-31-55(32-36-57)26-22-43(8)20-12-18-41(6)16-10-14-39(3)4/h13-14,17-18,21-22,44-51H,9-12,15-16,19-20,23-37H2,1-8H3/b40-17+,41-18+,42-21+,43-22+. The summed E-state index contributed by atoms with van der Waals surface area (Å²) >= 11 is 0. The highest BCUT2D eigenvalue weighted by molar-refractivity contribution is 5.43. The van der Waals surface area contributed by atoms with Gasteiger partial charge in [0, 0.05) is 78.5 Å². The zero-order chi connectivity index (χ0) is 40.6. The molecule has 9 aliphatic rings. The normalized spacial score (nSPS) is 37.2. The van der Waals surface area contributed by atoms with Crippen molar-refractivity contribution < 1.29 is 4.74 Å². The van der Waals surface area contributed by atoms with Crippen LogP contribution in [0.4, 0.5) is 0 Å². The quantitative estimate of drug-likeness (QED) is 0.102. The highest BCUT2D eigenvalue weighted by atomic mass is 16.5. The van der Waals surface area contributed by atoms with Gasteiger partial charge in [-0.1, -0.05) is 69.9 Å². The molecule has 4 aliphatic heterocycles.